The number of carbonyl (C=O) groups is 1. The third-order valence-electron chi connectivity index (χ3n) is 2.44. The summed E-state index contributed by atoms with van der Waals surface area (Å²) >= 11 is 5.60. The summed E-state index contributed by atoms with van der Waals surface area (Å²) in [6.07, 6.45) is 1.12. The fraction of sp³-hybridized carbons (Fsp3) is 0.615. The highest BCUT2D eigenvalue weighted by atomic mass is 35.5. The van der Waals surface area contributed by atoms with Gasteiger partial charge in [-0.3, -0.25) is 0 Å². The second kappa shape index (κ2) is 7.40. The number of rotatable bonds is 5. The number of carbonyl (C=O) groups excluding carboxylic acids is 1. The molecule has 0 radical (unpaired) electrons. The number of nitrogens with one attached hydrogen (secondary N) is 2. The molecule has 1 rings (SSSR count). The first-order valence-electron chi connectivity index (χ1n) is 6.62. The minimum atomic E-state index is -0.605. The van der Waals surface area contributed by atoms with E-state index in [0.29, 0.717) is 13.0 Å². The lowest BCUT2D eigenvalue weighted by molar-refractivity contribution is 0.0506. The highest BCUT2D eigenvalue weighted by Gasteiger charge is 2.19. The van der Waals surface area contributed by atoms with Crippen molar-refractivity contribution in [1.29, 1.82) is 0 Å². The number of hydrogen-bond donors (Lipinski definition) is 2. The minimum Gasteiger partial charge on any atom is -0.444 e. The average Bonchev–Trinajstić information content (AvgIpc) is 2.36. The Kier molecular flexibility index (Phi) is 6.14. The zero-order valence-corrected chi connectivity index (χ0v) is 13.3. The Bertz CT molecular complexity index is 499. The van der Waals surface area contributed by atoms with Crippen molar-refractivity contribution in [3.8, 4) is 0 Å². The molecule has 0 aliphatic rings. The van der Waals surface area contributed by atoms with Crippen LogP contribution in [0.5, 0.6) is 0 Å². The van der Waals surface area contributed by atoms with Crippen LogP contribution in [-0.2, 0) is 4.74 Å². The van der Waals surface area contributed by atoms with Gasteiger partial charge in [-0.25, -0.2) is 14.2 Å². The van der Waals surface area contributed by atoms with Crippen LogP contribution in [0.2, 0.25) is 5.28 Å². The van der Waals surface area contributed by atoms with Gasteiger partial charge in [0.05, 0.1) is 6.20 Å². The molecule has 120 valence electrons. The van der Waals surface area contributed by atoms with Gasteiger partial charge in [-0.15, -0.1) is 0 Å². The predicted octanol–water partition coefficient (Wildman–Crippen LogP) is 3.23. The summed E-state index contributed by atoms with van der Waals surface area (Å²) in [5.41, 5.74) is -0.567. The van der Waals surface area contributed by atoms with E-state index < -0.39 is 17.5 Å². The molecule has 0 saturated carbocycles. The Morgan fingerprint density at radius 2 is 2.24 bits per heavy atom. The topological polar surface area (TPSA) is 76.1 Å². The number of anilines is 1. The van der Waals surface area contributed by atoms with E-state index in [4.69, 9.17) is 16.3 Å². The summed E-state index contributed by atoms with van der Waals surface area (Å²) in [6.45, 7) is 7.53. The largest absolute Gasteiger partial charge is 0.444 e. The van der Waals surface area contributed by atoms with Crippen LogP contribution in [0, 0.1) is 5.82 Å². The number of halogens is 2. The number of ether oxygens (including phenoxy) is 1. The summed E-state index contributed by atoms with van der Waals surface area (Å²) < 4.78 is 18.6. The molecule has 1 aromatic rings. The Morgan fingerprint density at radius 1 is 1.57 bits per heavy atom. The molecule has 0 unspecified atom stereocenters. The predicted molar refractivity (Wildman–Crippen MR) is 81.1 cm³/mol. The van der Waals surface area contributed by atoms with E-state index in [1.165, 1.54) is 0 Å². The molecule has 0 aliphatic carbocycles. The lowest BCUT2D eigenvalue weighted by atomic mass is 10.2. The van der Waals surface area contributed by atoms with Crippen LogP contribution in [0.4, 0.5) is 15.0 Å². The third kappa shape index (κ3) is 6.57. The molecule has 8 heteroatoms. The number of aromatic nitrogens is 2. The molecule has 21 heavy (non-hydrogen) atoms. The van der Waals surface area contributed by atoms with Crippen molar-refractivity contribution in [1.82, 2.24) is 15.3 Å². The molecular weight excluding hydrogens is 299 g/mol. The van der Waals surface area contributed by atoms with Gasteiger partial charge in [0.2, 0.25) is 5.28 Å². The summed E-state index contributed by atoms with van der Waals surface area (Å²) in [7, 11) is 0. The molecule has 0 aromatic carbocycles. The van der Waals surface area contributed by atoms with Gasteiger partial charge in [-0.05, 0) is 38.8 Å². The zero-order valence-electron chi connectivity index (χ0n) is 12.5. The van der Waals surface area contributed by atoms with E-state index >= 15 is 0 Å². The molecule has 1 aromatic heterocycles. The van der Waals surface area contributed by atoms with Crippen LogP contribution in [0.25, 0.3) is 0 Å². The van der Waals surface area contributed by atoms with Crippen LogP contribution in [0.1, 0.15) is 35.5 Å². The molecule has 0 saturated heterocycles. The van der Waals surface area contributed by atoms with Gasteiger partial charge in [0.25, 0.3) is 0 Å². The Morgan fingerprint density at radius 3 is 2.81 bits per heavy atom. The molecule has 6 nitrogen and oxygen atoms in total. The molecule has 0 fully saturated rings. The summed E-state index contributed by atoms with van der Waals surface area (Å²) in [5, 5.41) is 5.45. The van der Waals surface area contributed by atoms with Crippen LogP contribution < -0.4 is 10.6 Å². The molecular formula is C13H22ClFN4O2. The number of hydrogen-bond acceptors (Lipinski definition) is 5. The van der Waals surface area contributed by atoms with E-state index in [0.717, 1.165) is 6.20 Å². The van der Waals surface area contributed by atoms with E-state index in [1.54, 1.807) is 20.8 Å². The fourth-order valence-corrected chi connectivity index (χ4v) is 1.59. The van der Waals surface area contributed by atoms with Gasteiger partial charge in [0.15, 0.2) is 11.6 Å². The lowest BCUT2D eigenvalue weighted by Crippen LogP contribution is -2.42. The van der Waals surface area contributed by atoms with Crippen LogP contribution >= 0.6 is 11.6 Å². The smallest absolute Gasteiger partial charge is 0.407 e. The molecule has 1 atom stereocenters. The SMILES string of the molecule is CC[C@H](CNc1nc(Cl)ncc1F)NC(=O)OC(C)(C)C.[HH]. The first kappa shape index (κ1) is 17.4. The first-order chi connectivity index (χ1) is 9.71. The fourth-order valence-electron chi connectivity index (χ4n) is 1.46. The van der Waals surface area contributed by atoms with Crippen molar-refractivity contribution in [3.63, 3.8) is 0 Å². The summed E-state index contributed by atoms with van der Waals surface area (Å²) in [4.78, 5) is 18.9. The summed E-state index contributed by atoms with van der Waals surface area (Å²) in [5.74, 6) is -0.606. The highest BCUT2D eigenvalue weighted by molar-refractivity contribution is 6.28. The van der Waals surface area contributed by atoms with Gasteiger partial charge >= 0.3 is 6.09 Å². The van der Waals surface area contributed by atoms with Gasteiger partial charge in [0.1, 0.15) is 5.60 Å². The normalized spacial score (nSPS) is 12.7. The van der Waals surface area contributed by atoms with E-state index in [-0.39, 0.29) is 18.6 Å². The molecule has 2 N–H and O–H groups in total. The molecule has 0 bridgehead atoms. The van der Waals surface area contributed by atoms with Gasteiger partial charge in [-0.1, -0.05) is 6.92 Å². The monoisotopic (exact) mass is 320 g/mol. The van der Waals surface area contributed by atoms with E-state index in [9.17, 15) is 9.18 Å². The molecule has 0 aliphatic heterocycles. The maximum absolute atomic E-state index is 13.5. The van der Waals surface area contributed by atoms with Crippen LogP contribution in [0.3, 0.4) is 0 Å². The maximum atomic E-state index is 13.5. The van der Waals surface area contributed by atoms with Gasteiger partial charge in [0, 0.05) is 14.0 Å². The van der Waals surface area contributed by atoms with Crippen molar-refractivity contribution < 1.29 is 15.3 Å². The van der Waals surface area contributed by atoms with Crippen molar-refractivity contribution in [3.05, 3.63) is 17.3 Å². The Hall–Kier alpha value is -1.63. The first-order valence-corrected chi connectivity index (χ1v) is 7.00. The standard InChI is InChI=1S/C13H20ClFN4O2.H2/c1-5-8(18-12(20)21-13(2,3)4)6-16-10-9(15)7-17-11(14)19-10;/h7-8H,5-6H2,1-4H3,(H,18,20)(H,16,17,19);1H/t8-;/m1./s1. The van der Waals surface area contributed by atoms with E-state index in [2.05, 4.69) is 20.6 Å². The van der Waals surface area contributed by atoms with Crippen molar-refractivity contribution >= 4 is 23.5 Å². The Labute approximate surface area is 129 Å². The number of amides is 1. The summed E-state index contributed by atoms with van der Waals surface area (Å²) in [6, 6.07) is -0.229. The molecule has 0 spiro atoms. The minimum absolute atomic E-state index is 0. The van der Waals surface area contributed by atoms with Crippen LogP contribution in [-0.4, -0.2) is 34.2 Å². The lowest BCUT2D eigenvalue weighted by Gasteiger charge is -2.23. The second-order valence-electron chi connectivity index (χ2n) is 5.47. The van der Waals surface area contributed by atoms with E-state index in [1.807, 2.05) is 6.92 Å². The maximum Gasteiger partial charge on any atom is 0.407 e. The quantitative estimate of drug-likeness (QED) is 0.815. The number of nitrogens with zero attached hydrogens (tertiary/aromatic N) is 2. The van der Waals surface area contributed by atoms with Crippen molar-refractivity contribution in [2.24, 2.45) is 0 Å². The average molecular weight is 321 g/mol. The molecule has 1 heterocycles. The van der Waals surface area contributed by atoms with Gasteiger partial charge in [-0.2, -0.15) is 4.98 Å². The Balaban J connectivity index is 0.00000441. The van der Waals surface area contributed by atoms with Crippen molar-refractivity contribution in [2.45, 2.75) is 45.8 Å². The van der Waals surface area contributed by atoms with Crippen LogP contribution in [0.15, 0.2) is 6.20 Å². The highest BCUT2D eigenvalue weighted by Crippen LogP contribution is 2.12. The van der Waals surface area contributed by atoms with Gasteiger partial charge < -0.3 is 15.4 Å². The third-order valence-corrected chi connectivity index (χ3v) is 2.63. The number of alkyl carbamates (subject to hydrolysis) is 1. The van der Waals surface area contributed by atoms with Crippen molar-refractivity contribution in [2.75, 3.05) is 11.9 Å². The molecule has 1 amide bonds. The zero-order chi connectivity index (χ0) is 16.0. The second-order valence-corrected chi connectivity index (χ2v) is 5.81.